The number of hydrogen-bond acceptors (Lipinski definition) is 6. The number of anilines is 1. The van der Waals surface area contributed by atoms with Gasteiger partial charge in [0.15, 0.2) is 11.5 Å². The van der Waals surface area contributed by atoms with E-state index < -0.39 is 10.2 Å². The van der Waals surface area contributed by atoms with E-state index in [4.69, 9.17) is 0 Å². The average Bonchev–Trinajstić information content (AvgIpc) is 3.17. The SMILES string of the molecule is Cc1nnc2ccc(N3CC(CNS(=O)(=O)N4CCCC4)C3)nn12. The summed E-state index contributed by atoms with van der Waals surface area (Å²) >= 11 is 0. The Morgan fingerprint density at radius 3 is 2.71 bits per heavy atom. The molecule has 0 radical (unpaired) electrons. The van der Waals surface area contributed by atoms with Gasteiger partial charge in [0.1, 0.15) is 5.82 Å². The lowest BCUT2D eigenvalue weighted by Crippen LogP contribution is -2.53. The van der Waals surface area contributed by atoms with E-state index in [0.717, 1.165) is 43.2 Å². The fraction of sp³-hybridized carbons (Fsp3) is 0.643. The summed E-state index contributed by atoms with van der Waals surface area (Å²) in [6.45, 7) is 5.19. The van der Waals surface area contributed by atoms with Gasteiger partial charge in [0.25, 0.3) is 10.2 Å². The minimum absolute atomic E-state index is 0.307. The number of hydrogen-bond donors (Lipinski definition) is 1. The Bertz CT molecular complexity index is 838. The fourth-order valence-electron chi connectivity index (χ4n) is 3.18. The second-order valence-electron chi connectivity index (χ2n) is 6.44. The smallest absolute Gasteiger partial charge is 0.279 e. The molecule has 2 aliphatic rings. The van der Waals surface area contributed by atoms with Crippen LogP contribution in [0.3, 0.4) is 0 Å². The van der Waals surface area contributed by atoms with Gasteiger partial charge in [-0.05, 0) is 31.9 Å². The minimum atomic E-state index is -3.31. The zero-order valence-electron chi connectivity index (χ0n) is 13.6. The van der Waals surface area contributed by atoms with Gasteiger partial charge in [-0.1, -0.05) is 0 Å². The van der Waals surface area contributed by atoms with Crippen LogP contribution in [-0.4, -0.2) is 65.3 Å². The number of aromatic nitrogens is 4. The normalized spacial score (nSPS) is 20.0. The Labute approximate surface area is 140 Å². The molecule has 0 spiro atoms. The van der Waals surface area contributed by atoms with E-state index in [2.05, 4.69) is 24.9 Å². The van der Waals surface area contributed by atoms with E-state index in [1.165, 1.54) is 4.31 Å². The quantitative estimate of drug-likeness (QED) is 0.801. The summed E-state index contributed by atoms with van der Waals surface area (Å²) in [5.74, 6) is 1.92. The molecule has 0 bridgehead atoms. The highest BCUT2D eigenvalue weighted by molar-refractivity contribution is 7.87. The highest BCUT2D eigenvalue weighted by Crippen LogP contribution is 2.23. The van der Waals surface area contributed by atoms with Crippen molar-refractivity contribution in [3.05, 3.63) is 18.0 Å². The van der Waals surface area contributed by atoms with E-state index in [1.54, 1.807) is 4.52 Å². The van der Waals surface area contributed by atoms with Crippen molar-refractivity contribution in [3.63, 3.8) is 0 Å². The van der Waals surface area contributed by atoms with Crippen LogP contribution in [-0.2, 0) is 10.2 Å². The molecule has 2 aromatic heterocycles. The molecule has 0 atom stereocenters. The first-order valence-corrected chi connectivity index (χ1v) is 9.66. The van der Waals surface area contributed by atoms with E-state index in [-0.39, 0.29) is 0 Å². The van der Waals surface area contributed by atoms with Gasteiger partial charge >= 0.3 is 0 Å². The van der Waals surface area contributed by atoms with Crippen LogP contribution in [0.4, 0.5) is 5.82 Å². The Morgan fingerprint density at radius 2 is 1.96 bits per heavy atom. The highest BCUT2D eigenvalue weighted by atomic mass is 32.2. The Balaban J connectivity index is 1.33. The van der Waals surface area contributed by atoms with Crippen molar-refractivity contribution in [1.29, 1.82) is 0 Å². The van der Waals surface area contributed by atoms with Crippen molar-refractivity contribution in [2.24, 2.45) is 5.92 Å². The molecule has 2 aliphatic heterocycles. The minimum Gasteiger partial charge on any atom is -0.354 e. The Kier molecular flexibility index (Phi) is 3.89. The van der Waals surface area contributed by atoms with Crippen LogP contribution in [0.2, 0.25) is 0 Å². The predicted octanol–water partition coefficient (Wildman–Crippen LogP) is -0.201. The van der Waals surface area contributed by atoms with E-state index in [1.807, 2.05) is 19.1 Å². The lowest BCUT2D eigenvalue weighted by Gasteiger charge is -2.40. The maximum absolute atomic E-state index is 12.2. The maximum Gasteiger partial charge on any atom is 0.279 e. The number of rotatable bonds is 5. The van der Waals surface area contributed by atoms with Crippen LogP contribution < -0.4 is 9.62 Å². The summed E-state index contributed by atoms with van der Waals surface area (Å²) in [5.41, 5.74) is 0.728. The van der Waals surface area contributed by atoms with Crippen LogP contribution in [0.25, 0.3) is 5.65 Å². The van der Waals surface area contributed by atoms with E-state index >= 15 is 0 Å². The summed E-state index contributed by atoms with van der Waals surface area (Å²) in [6.07, 6.45) is 1.91. The van der Waals surface area contributed by atoms with Gasteiger partial charge in [-0.25, -0.2) is 4.72 Å². The number of nitrogens with one attached hydrogen (secondary N) is 1. The largest absolute Gasteiger partial charge is 0.354 e. The van der Waals surface area contributed by atoms with Crippen molar-refractivity contribution in [1.82, 2.24) is 28.8 Å². The third-order valence-electron chi connectivity index (χ3n) is 4.65. The molecule has 24 heavy (non-hydrogen) atoms. The zero-order valence-corrected chi connectivity index (χ0v) is 14.4. The van der Waals surface area contributed by atoms with Crippen molar-refractivity contribution in [2.45, 2.75) is 19.8 Å². The molecular formula is C14H21N7O2S. The molecule has 4 heterocycles. The average molecular weight is 351 g/mol. The molecule has 9 nitrogen and oxygen atoms in total. The monoisotopic (exact) mass is 351 g/mol. The second-order valence-corrected chi connectivity index (χ2v) is 8.19. The van der Waals surface area contributed by atoms with Crippen LogP contribution >= 0.6 is 0 Å². The molecular weight excluding hydrogens is 330 g/mol. The van der Waals surface area contributed by atoms with Gasteiger partial charge < -0.3 is 4.90 Å². The molecule has 0 saturated carbocycles. The molecule has 2 aromatic rings. The van der Waals surface area contributed by atoms with Gasteiger partial charge in [0, 0.05) is 38.6 Å². The Hall–Kier alpha value is -1.78. The molecule has 2 saturated heterocycles. The van der Waals surface area contributed by atoms with Crippen molar-refractivity contribution >= 4 is 21.7 Å². The fourth-order valence-corrected chi connectivity index (χ4v) is 4.55. The lowest BCUT2D eigenvalue weighted by molar-refractivity contribution is 0.391. The molecule has 4 rings (SSSR count). The van der Waals surface area contributed by atoms with Gasteiger partial charge in [-0.15, -0.1) is 15.3 Å². The third-order valence-corrected chi connectivity index (χ3v) is 6.22. The first kappa shape index (κ1) is 15.7. The molecule has 2 fully saturated rings. The molecule has 130 valence electrons. The van der Waals surface area contributed by atoms with Crippen LogP contribution in [0.15, 0.2) is 12.1 Å². The Morgan fingerprint density at radius 1 is 1.21 bits per heavy atom. The standard InChI is InChI=1S/C14H21N7O2S/c1-11-16-17-13-4-5-14(18-21(11)13)19-9-12(10-19)8-15-24(22,23)20-6-2-3-7-20/h4-5,12,15H,2-3,6-10H2,1H3. The van der Waals surface area contributed by atoms with Gasteiger partial charge in [-0.3, -0.25) is 0 Å². The van der Waals surface area contributed by atoms with Crippen molar-refractivity contribution in [3.8, 4) is 0 Å². The predicted molar refractivity (Wildman–Crippen MR) is 89.0 cm³/mol. The number of fused-ring (bicyclic) bond motifs is 1. The van der Waals surface area contributed by atoms with Crippen molar-refractivity contribution in [2.75, 3.05) is 37.6 Å². The van der Waals surface area contributed by atoms with Crippen LogP contribution in [0, 0.1) is 12.8 Å². The highest BCUT2D eigenvalue weighted by Gasteiger charge is 2.31. The van der Waals surface area contributed by atoms with Crippen LogP contribution in [0.5, 0.6) is 0 Å². The summed E-state index contributed by atoms with van der Waals surface area (Å²) in [6, 6.07) is 3.82. The number of nitrogens with zero attached hydrogens (tertiary/aromatic N) is 6. The third kappa shape index (κ3) is 2.85. The topological polar surface area (TPSA) is 95.7 Å². The first-order valence-electron chi connectivity index (χ1n) is 8.22. The van der Waals surface area contributed by atoms with Crippen molar-refractivity contribution < 1.29 is 8.42 Å². The molecule has 0 amide bonds. The summed E-state index contributed by atoms with van der Waals surface area (Å²) in [7, 11) is -3.31. The molecule has 10 heteroatoms. The van der Waals surface area contributed by atoms with Crippen LogP contribution in [0.1, 0.15) is 18.7 Å². The van der Waals surface area contributed by atoms with Gasteiger partial charge in [-0.2, -0.15) is 17.2 Å². The summed E-state index contributed by atoms with van der Waals surface area (Å²) in [4.78, 5) is 2.13. The summed E-state index contributed by atoms with van der Waals surface area (Å²) in [5, 5.41) is 12.6. The van der Waals surface area contributed by atoms with E-state index in [9.17, 15) is 8.42 Å². The second kappa shape index (κ2) is 5.94. The maximum atomic E-state index is 12.2. The molecule has 0 unspecified atom stereocenters. The number of aryl methyl sites for hydroxylation is 1. The van der Waals surface area contributed by atoms with E-state index in [0.29, 0.717) is 25.6 Å². The molecule has 0 aromatic carbocycles. The lowest BCUT2D eigenvalue weighted by atomic mass is 10.0. The zero-order chi connectivity index (χ0) is 16.7. The first-order chi connectivity index (χ1) is 11.5. The van der Waals surface area contributed by atoms with Gasteiger partial charge in [0.2, 0.25) is 0 Å². The molecule has 0 aliphatic carbocycles. The summed E-state index contributed by atoms with van der Waals surface area (Å²) < 4.78 is 30.3. The molecule has 1 N–H and O–H groups in total. The van der Waals surface area contributed by atoms with Gasteiger partial charge in [0.05, 0.1) is 0 Å².